The summed E-state index contributed by atoms with van der Waals surface area (Å²) in [4.78, 5) is 0. The predicted molar refractivity (Wildman–Crippen MR) is 187 cm³/mol. The van der Waals surface area contributed by atoms with Gasteiger partial charge in [0.25, 0.3) is 0 Å². The molecule has 0 N–H and O–H groups in total. The van der Waals surface area contributed by atoms with Crippen molar-refractivity contribution in [1.82, 2.24) is 0 Å². The van der Waals surface area contributed by atoms with E-state index in [0.717, 1.165) is 89.8 Å². The Hall–Kier alpha value is -4.96. The molecule has 8 bridgehead atoms. The molecule has 10 aliphatic rings. The minimum atomic E-state index is 0.801. The smallest absolute Gasteiger partial charge is 0.126 e. The number of hydrogen-bond acceptors (Lipinski definition) is 4. The van der Waals surface area contributed by atoms with E-state index in [4.69, 9.17) is 18.9 Å². The van der Waals surface area contributed by atoms with E-state index in [9.17, 15) is 0 Å². The molecule has 0 fully saturated rings. The second-order valence-electron chi connectivity index (χ2n) is 11.1. The van der Waals surface area contributed by atoms with Crippen molar-refractivity contribution in [2.24, 2.45) is 0 Å². The van der Waals surface area contributed by atoms with Crippen LogP contribution in [-0.2, 0) is 0 Å². The molecule has 0 saturated carbocycles. The van der Waals surface area contributed by atoms with Gasteiger partial charge < -0.3 is 18.9 Å². The highest BCUT2D eigenvalue weighted by Crippen LogP contribution is 2.33. The first-order valence-electron chi connectivity index (χ1n) is 14.7. The summed E-state index contributed by atoms with van der Waals surface area (Å²) in [5, 5.41) is 0. The first-order valence-corrected chi connectivity index (χ1v) is 14.7. The molecule has 4 nitrogen and oxygen atoms in total. The minimum absolute atomic E-state index is 0.801. The molecule has 0 radical (unpaired) electrons. The fourth-order valence-electron chi connectivity index (χ4n) is 5.57. The van der Waals surface area contributed by atoms with Crippen molar-refractivity contribution in [3.8, 4) is 23.0 Å². The average molecular weight is 585 g/mol. The summed E-state index contributed by atoms with van der Waals surface area (Å²) >= 11 is 0. The van der Waals surface area contributed by atoms with Crippen molar-refractivity contribution in [3.05, 3.63) is 115 Å². The molecule has 0 amide bonds. The van der Waals surface area contributed by atoms with Crippen LogP contribution in [0.3, 0.4) is 0 Å². The molecule has 0 aliphatic heterocycles. The van der Waals surface area contributed by atoms with Crippen molar-refractivity contribution < 1.29 is 18.9 Å². The van der Waals surface area contributed by atoms with Gasteiger partial charge in [-0.25, -0.2) is 0 Å². The number of benzene rings is 4. The summed E-state index contributed by atoms with van der Waals surface area (Å²) < 4.78 is 23.3. The highest BCUT2D eigenvalue weighted by atomic mass is 16.5. The zero-order valence-corrected chi connectivity index (χ0v) is 26.9. The van der Waals surface area contributed by atoms with E-state index in [1.165, 1.54) is 0 Å². The van der Waals surface area contributed by atoms with Crippen LogP contribution in [0.2, 0.25) is 0 Å². The molecule has 10 aliphatic carbocycles. The summed E-state index contributed by atoms with van der Waals surface area (Å²) in [5.74, 6) is 3.23. The highest BCUT2D eigenvalue weighted by Gasteiger charge is 2.11. The summed E-state index contributed by atoms with van der Waals surface area (Å²) in [6.45, 7) is 8.49. The van der Waals surface area contributed by atoms with Crippen molar-refractivity contribution in [2.75, 3.05) is 28.4 Å². The Morgan fingerprint density at radius 3 is 0.636 bits per heavy atom. The second kappa shape index (κ2) is 13.1. The lowest BCUT2D eigenvalue weighted by Gasteiger charge is -2.13. The second-order valence-corrected chi connectivity index (χ2v) is 11.1. The monoisotopic (exact) mass is 584 g/mol. The normalized spacial score (nSPS) is 12.9. The molecular weight excluding hydrogens is 544 g/mol. The molecule has 0 aromatic heterocycles. The van der Waals surface area contributed by atoms with Crippen LogP contribution in [0.1, 0.15) is 66.8 Å². The fourth-order valence-corrected chi connectivity index (χ4v) is 5.57. The van der Waals surface area contributed by atoms with Crippen LogP contribution in [0.4, 0.5) is 0 Å². The van der Waals surface area contributed by atoms with Crippen LogP contribution < -0.4 is 18.9 Å². The van der Waals surface area contributed by atoms with E-state index in [1.54, 1.807) is 28.4 Å². The Bertz CT molecular complexity index is 1700. The Morgan fingerprint density at radius 2 is 0.455 bits per heavy atom. The van der Waals surface area contributed by atoms with Crippen LogP contribution >= 0.6 is 0 Å². The van der Waals surface area contributed by atoms with E-state index < -0.39 is 0 Å². The van der Waals surface area contributed by atoms with Gasteiger partial charge in [0.1, 0.15) is 23.0 Å². The van der Waals surface area contributed by atoms with E-state index in [-0.39, 0.29) is 0 Å². The van der Waals surface area contributed by atoms with Gasteiger partial charge in [0.2, 0.25) is 0 Å². The van der Waals surface area contributed by atoms with Gasteiger partial charge in [0.15, 0.2) is 0 Å². The zero-order valence-electron chi connectivity index (χ0n) is 26.9. The van der Waals surface area contributed by atoms with Crippen LogP contribution in [0.15, 0.2) is 48.5 Å². The Morgan fingerprint density at radius 1 is 0.273 bits per heavy atom. The molecule has 4 heteroatoms. The van der Waals surface area contributed by atoms with E-state index in [0.29, 0.717) is 0 Å². The SMILES string of the molecule is COc1cc2c(C)cc1C=Cc1cc(OC)c(cc1C)C=Cc1cc(C)c(cc1OC)/C=C\c1cc(C)c(cc1OC)C=C2. The van der Waals surface area contributed by atoms with E-state index >= 15 is 0 Å². The molecule has 224 valence electrons. The summed E-state index contributed by atoms with van der Waals surface area (Å²) in [5.41, 5.74) is 13.0. The van der Waals surface area contributed by atoms with Crippen molar-refractivity contribution >= 4 is 48.6 Å². The molecule has 0 atom stereocenters. The predicted octanol–water partition coefficient (Wildman–Crippen LogP) is 9.95. The standard InChI is InChI=1S/C40H40O4/c1-25-17-33-13-11-31-23-39(43-7)35(19-27(31)3)15-16-36-20-28(4)32(24-40(36)44-8)12-14-34-18-26(2)30(22-38(34)42-6)10-9-29(25)21-37(33)41-5/h9-24H,1-8H3/b10-9?,13-11-,14-12?,16-15?,29-9?,30-10?,31-11?,32-12?,33-13?,34-14?,35-15?,36-16?. The summed E-state index contributed by atoms with van der Waals surface area (Å²) in [6.07, 6.45) is 16.9. The molecular formula is C40H40O4. The Labute approximate surface area is 261 Å². The zero-order chi connectivity index (χ0) is 31.4. The maximum Gasteiger partial charge on any atom is 0.126 e. The van der Waals surface area contributed by atoms with Crippen molar-refractivity contribution in [1.29, 1.82) is 0 Å². The molecule has 4 aromatic carbocycles. The van der Waals surface area contributed by atoms with Gasteiger partial charge in [-0.2, -0.15) is 0 Å². The molecule has 0 heterocycles. The largest absolute Gasteiger partial charge is 0.496 e. The van der Waals surface area contributed by atoms with Crippen LogP contribution in [0, 0.1) is 27.7 Å². The molecule has 0 saturated heterocycles. The third-order valence-corrected chi connectivity index (χ3v) is 8.24. The van der Waals surface area contributed by atoms with Gasteiger partial charge in [-0.3, -0.25) is 0 Å². The molecule has 4 aromatic rings. The van der Waals surface area contributed by atoms with Gasteiger partial charge in [-0.15, -0.1) is 0 Å². The Kier molecular flexibility index (Phi) is 9.10. The number of aryl methyl sites for hydroxylation is 4. The number of hydrogen-bond donors (Lipinski definition) is 0. The van der Waals surface area contributed by atoms with Crippen LogP contribution in [0.25, 0.3) is 48.6 Å². The van der Waals surface area contributed by atoms with Crippen LogP contribution in [0.5, 0.6) is 23.0 Å². The highest BCUT2D eigenvalue weighted by molar-refractivity contribution is 5.83. The third kappa shape index (κ3) is 6.35. The fraction of sp³-hybridized carbons (Fsp3) is 0.200. The number of methoxy groups -OCH3 is 4. The van der Waals surface area contributed by atoms with Crippen molar-refractivity contribution in [2.45, 2.75) is 27.7 Å². The number of rotatable bonds is 4. The minimum Gasteiger partial charge on any atom is -0.496 e. The summed E-state index contributed by atoms with van der Waals surface area (Å²) in [7, 11) is 6.84. The first-order chi connectivity index (χ1) is 21.2. The van der Waals surface area contributed by atoms with Crippen LogP contribution in [-0.4, -0.2) is 28.4 Å². The third-order valence-electron chi connectivity index (χ3n) is 8.24. The lowest BCUT2D eigenvalue weighted by molar-refractivity contribution is 0.413. The van der Waals surface area contributed by atoms with Gasteiger partial charge in [-0.1, -0.05) is 48.6 Å². The lowest BCUT2D eigenvalue weighted by atomic mass is 9.97. The van der Waals surface area contributed by atoms with Crippen molar-refractivity contribution in [3.63, 3.8) is 0 Å². The summed E-state index contributed by atoms with van der Waals surface area (Å²) in [6, 6.07) is 17.0. The topological polar surface area (TPSA) is 36.9 Å². The Balaban J connectivity index is 1.72. The molecule has 0 unspecified atom stereocenters. The maximum atomic E-state index is 5.82. The first kappa shape index (κ1) is 30.5. The molecule has 0 spiro atoms. The van der Waals surface area contributed by atoms with Gasteiger partial charge in [0, 0.05) is 22.3 Å². The van der Waals surface area contributed by atoms with E-state index in [2.05, 4.69) is 125 Å². The lowest BCUT2D eigenvalue weighted by Crippen LogP contribution is -1.94. The van der Waals surface area contributed by atoms with Gasteiger partial charge >= 0.3 is 0 Å². The number of ether oxygens (including phenoxy) is 4. The molecule has 14 rings (SSSR count). The van der Waals surface area contributed by atoms with Gasteiger partial charge in [-0.05, 0) is 121 Å². The maximum absolute atomic E-state index is 5.82. The van der Waals surface area contributed by atoms with Gasteiger partial charge in [0.05, 0.1) is 28.4 Å². The van der Waals surface area contributed by atoms with E-state index in [1.807, 2.05) is 0 Å². The quantitative estimate of drug-likeness (QED) is 0.211. The molecule has 44 heavy (non-hydrogen) atoms. The average Bonchev–Trinajstić information content (AvgIpc) is 3.02.